The van der Waals surface area contributed by atoms with E-state index in [1.807, 2.05) is 0 Å². The van der Waals surface area contributed by atoms with E-state index in [0.29, 0.717) is 16.3 Å². The maximum Gasteiger partial charge on any atom is 0.511 e. The van der Waals surface area contributed by atoms with Crippen LogP contribution in [0.15, 0.2) is 12.1 Å². The predicted octanol–water partition coefficient (Wildman–Crippen LogP) is 2.29. The number of hydrogen-bond donors (Lipinski definition) is 2. The summed E-state index contributed by atoms with van der Waals surface area (Å²) in [5.41, 5.74) is 6.38. The molecule has 0 aliphatic carbocycles. The zero-order chi connectivity index (χ0) is 10.0. The van der Waals surface area contributed by atoms with Crippen molar-refractivity contribution in [2.24, 2.45) is 0 Å². The summed E-state index contributed by atoms with van der Waals surface area (Å²) in [5.74, 6) is 0.203. The molecule has 0 aliphatic heterocycles. The summed E-state index contributed by atoms with van der Waals surface area (Å²) in [4.78, 5) is 10.2. The fourth-order valence-electron chi connectivity index (χ4n) is 0.873. The van der Waals surface area contributed by atoms with Gasteiger partial charge in [0, 0.05) is 6.07 Å². The van der Waals surface area contributed by atoms with Crippen LogP contribution in [-0.4, -0.2) is 11.3 Å². The highest BCUT2D eigenvalue weighted by molar-refractivity contribution is 6.33. The molecule has 70 valence electrons. The molecule has 0 atom stereocenters. The van der Waals surface area contributed by atoms with E-state index in [-0.39, 0.29) is 5.75 Å². The third kappa shape index (κ3) is 2.26. The smallest absolute Gasteiger partial charge is 0.449 e. The second-order valence-corrected chi connectivity index (χ2v) is 2.91. The van der Waals surface area contributed by atoms with Crippen molar-refractivity contribution in [3.05, 3.63) is 22.7 Å². The van der Waals surface area contributed by atoms with Crippen LogP contribution in [0.3, 0.4) is 0 Å². The van der Waals surface area contributed by atoms with Crippen molar-refractivity contribution in [3.8, 4) is 5.75 Å². The fraction of sp³-hybridized carbons (Fsp3) is 0.125. The minimum Gasteiger partial charge on any atom is -0.449 e. The predicted molar refractivity (Wildman–Crippen MR) is 49.3 cm³/mol. The number of benzene rings is 1. The number of ether oxygens (including phenoxy) is 1. The third-order valence-electron chi connectivity index (χ3n) is 1.49. The van der Waals surface area contributed by atoms with Crippen molar-refractivity contribution < 1.29 is 14.6 Å². The van der Waals surface area contributed by atoms with Gasteiger partial charge in [-0.1, -0.05) is 11.6 Å². The van der Waals surface area contributed by atoms with Gasteiger partial charge >= 0.3 is 6.16 Å². The van der Waals surface area contributed by atoms with Crippen molar-refractivity contribution >= 4 is 23.4 Å². The monoisotopic (exact) mass is 201 g/mol. The highest BCUT2D eigenvalue weighted by Crippen LogP contribution is 2.28. The highest BCUT2D eigenvalue weighted by Gasteiger charge is 2.07. The molecule has 1 aromatic carbocycles. The minimum atomic E-state index is -1.37. The molecule has 5 heteroatoms. The van der Waals surface area contributed by atoms with Crippen LogP contribution in [0.1, 0.15) is 5.56 Å². The summed E-state index contributed by atoms with van der Waals surface area (Å²) >= 11 is 5.69. The highest BCUT2D eigenvalue weighted by atomic mass is 35.5. The first-order valence-corrected chi connectivity index (χ1v) is 3.85. The molecule has 0 aromatic heterocycles. The molecule has 1 rings (SSSR count). The summed E-state index contributed by atoms with van der Waals surface area (Å²) in [7, 11) is 0. The van der Waals surface area contributed by atoms with E-state index in [1.165, 1.54) is 6.07 Å². The zero-order valence-electron chi connectivity index (χ0n) is 6.87. The van der Waals surface area contributed by atoms with Crippen molar-refractivity contribution in [2.75, 3.05) is 5.73 Å². The van der Waals surface area contributed by atoms with Gasteiger partial charge in [-0.3, -0.25) is 0 Å². The molecule has 0 unspecified atom stereocenters. The number of rotatable bonds is 1. The van der Waals surface area contributed by atoms with Gasteiger partial charge in [-0.15, -0.1) is 0 Å². The lowest BCUT2D eigenvalue weighted by atomic mass is 10.2. The summed E-state index contributed by atoms with van der Waals surface area (Å²) in [6.45, 7) is 1.68. The normalized spacial score (nSPS) is 9.69. The molecule has 0 amide bonds. The molecule has 4 nitrogen and oxygen atoms in total. The Morgan fingerprint density at radius 3 is 2.77 bits per heavy atom. The molecule has 0 saturated heterocycles. The van der Waals surface area contributed by atoms with E-state index >= 15 is 0 Å². The molecule has 0 bridgehead atoms. The van der Waals surface area contributed by atoms with Crippen molar-refractivity contribution in [1.82, 2.24) is 0 Å². The van der Waals surface area contributed by atoms with Crippen LogP contribution in [0.2, 0.25) is 5.02 Å². The van der Waals surface area contributed by atoms with Gasteiger partial charge in [0.1, 0.15) is 5.75 Å². The average molecular weight is 202 g/mol. The summed E-state index contributed by atoms with van der Waals surface area (Å²) < 4.78 is 4.46. The first kappa shape index (κ1) is 9.67. The molecular formula is C8H8ClNO3. The number of aryl methyl sites for hydroxylation is 1. The van der Waals surface area contributed by atoms with Gasteiger partial charge in [0.05, 0.1) is 10.7 Å². The Hall–Kier alpha value is -1.42. The summed E-state index contributed by atoms with van der Waals surface area (Å²) in [6, 6.07) is 2.93. The number of halogens is 1. The Kier molecular flexibility index (Phi) is 2.63. The standard InChI is InChI=1S/C8H8ClNO3/c1-4-2-5(9)6(10)3-7(4)13-8(11)12/h2-3H,10H2,1H3,(H,11,12). The lowest BCUT2D eigenvalue weighted by Gasteiger charge is -2.06. The quantitative estimate of drug-likeness (QED) is 0.415. The lowest BCUT2D eigenvalue weighted by molar-refractivity contribution is 0.144. The first-order valence-electron chi connectivity index (χ1n) is 3.47. The van der Waals surface area contributed by atoms with Gasteiger partial charge in [0.25, 0.3) is 0 Å². The van der Waals surface area contributed by atoms with Gasteiger partial charge in [0.15, 0.2) is 0 Å². The maximum absolute atomic E-state index is 10.2. The van der Waals surface area contributed by atoms with Crippen molar-refractivity contribution in [3.63, 3.8) is 0 Å². The van der Waals surface area contributed by atoms with E-state index in [2.05, 4.69) is 4.74 Å². The zero-order valence-corrected chi connectivity index (χ0v) is 7.63. The van der Waals surface area contributed by atoms with Crippen LogP contribution < -0.4 is 10.5 Å². The molecule has 0 heterocycles. The van der Waals surface area contributed by atoms with Gasteiger partial charge in [0.2, 0.25) is 0 Å². The van der Waals surface area contributed by atoms with Crippen LogP contribution in [-0.2, 0) is 0 Å². The molecule has 0 radical (unpaired) electrons. The van der Waals surface area contributed by atoms with E-state index in [4.69, 9.17) is 22.4 Å². The second-order valence-electron chi connectivity index (χ2n) is 2.51. The molecule has 0 spiro atoms. The number of carbonyl (C=O) groups is 1. The van der Waals surface area contributed by atoms with Crippen molar-refractivity contribution in [1.29, 1.82) is 0 Å². The molecule has 13 heavy (non-hydrogen) atoms. The number of nitrogen functional groups attached to an aromatic ring is 1. The van der Waals surface area contributed by atoms with Crippen LogP contribution >= 0.6 is 11.6 Å². The van der Waals surface area contributed by atoms with Crippen LogP contribution in [0.5, 0.6) is 5.75 Å². The SMILES string of the molecule is Cc1cc(Cl)c(N)cc1OC(=O)O. The largest absolute Gasteiger partial charge is 0.511 e. The topological polar surface area (TPSA) is 72.5 Å². The first-order chi connectivity index (χ1) is 6.00. The number of carboxylic acid groups (broad SMARTS) is 1. The second kappa shape index (κ2) is 3.53. The third-order valence-corrected chi connectivity index (χ3v) is 1.82. The number of anilines is 1. The maximum atomic E-state index is 10.2. The lowest BCUT2D eigenvalue weighted by Crippen LogP contribution is -2.04. The summed E-state index contributed by atoms with van der Waals surface area (Å²) in [5, 5.41) is 8.74. The average Bonchev–Trinajstić information content (AvgIpc) is 1.99. The van der Waals surface area contributed by atoms with Crippen LogP contribution in [0.25, 0.3) is 0 Å². The van der Waals surface area contributed by atoms with Crippen LogP contribution in [0, 0.1) is 6.92 Å². The number of hydrogen-bond acceptors (Lipinski definition) is 3. The van der Waals surface area contributed by atoms with E-state index in [1.54, 1.807) is 13.0 Å². The molecule has 0 saturated carbocycles. The van der Waals surface area contributed by atoms with Gasteiger partial charge in [-0.2, -0.15) is 0 Å². The molecule has 3 N–H and O–H groups in total. The minimum absolute atomic E-state index is 0.203. The fourth-order valence-corrected chi connectivity index (χ4v) is 1.09. The van der Waals surface area contributed by atoms with Gasteiger partial charge in [-0.25, -0.2) is 4.79 Å². The number of nitrogens with two attached hydrogens (primary N) is 1. The van der Waals surface area contributed by atoms with Crippen LogP contribution in [0.4, 0.5) is 10.5 Å². The Balaban J connectivity index is 3.08. The Morgan fingerprint density at radius 2 is 2.23 bits per heavy atom. The Morgan fingerprint density at radius 1 is 1.62 bits per heavy atom. The molecule has 1 aromatic rings. The Labute approximate surface area is 79.9 Å². The van der Waals surface area contributed by atoms with Crippen molar-refractivity contribution in [2.45, 2.75) is 6.92 Å². The van der Waals surface area contributed by atoms with E-state index in [9.17, 15) is 4.79 Å². The molecular weight excluding hydrogens is 194 g/mol. The van der Waals surface area contributed by atoms with E-state index < -0.39 is 6.16 Å². The molecule has 0 fully saturated rings. The van der Waals surface area contributed by atoms with E-state index in [0.717, 1.165) is 0 Å². The van der Waals surface area contributed by atoms with Gasteiger partial charge in [-0.05, 0) is 18.6 Å². The van der Waals surface area contributed by atoms with Gasteiger partial charge < -0.3 is 15.6 Å². The summed E-state index contributed by atoms with van der Waals surface area (Å²) in [6.07, 6.45) is -1.37. The Bertz CT molecular complexity index is 351. The molecule has 0 aliphatic rings.